The molecule has 0 bridgehead atoms. The van der Waals surface area contributed by atoms with Gasteiger partial charge >= 0.3 is 0 Å². The van der Waals surface area contributed by atoms with Crippen LogP contribution in [0.25, 0.3) is 0 Å². The maximum Gasteiger partial charge on any atom is 0.237 e. The molecule has 0 radical (unpaired) electrons. The highest BCUT2D eigenvalue weighted by molar-refractivity contribution is 5.90. The van der Waals surface area contributed by atoms with Crippen LogP contribution in [0.1, 0.15) is 119 Å². The van der Waals surface area contributed by atoms with E-state index in [1.165, 1.54) is 6.42 Å². The third-order valence-corrected chi connectivity index (χ3v) is 6.05. The Morgan fingerprint density at radius 2 is 1.29 bits per heavy atom. The third kappa shape index (κ3) is 19.4. The standard InChI is InChI=1S/C28H56N4O3/c1-8-26(33)24(16-11-13-19-29-22(4)5)32-28(35)25(31-23(6)7)17-12-14-20-30-27(34)18-10-9-15-21(2)3/h21-25,29,31H,8-20H2,1-7H3,(H,30,34)(H,32,35). The van der Waals surface area contributed by atoms with E-state index in [1.807, 2.05) is 20.8 Å². The molecule has 206 valence electrons. The van der Waals surface area contributed by atoms with Crippen molar-refractivity contribution in [3.63, 3.8) is 0 Å². The zero-order valence-electron chi connectivity index (χ0n) is 23.8. The van der Waals surface area contributed by atoms with Crippen LogP contribution in [0.4, 0.5) is 0 Å². The quantitative estimate of drug-likeness (QED) is 0.166. The van der Waals surface area contributed by atoms with Crippen LogP contribution < -0.4 is 21.3 Å². The van der Waals surface area contributed by atoms with Crippen LogP contribution in [0.5, 0.6) is 0 Å². The van der Waals surface area contributed by atoms with Gasteiger partial charge in [-0.3, -0.25) is 14.4 Å². The lowest BCUT2D eigenvalue weighted by molar-refractivity contribution is -0.129. The highest BCUT2D eigenvalue weighted by Gasteiger charge is 2.24. The SMILES string of the molecule is CCC(=O)C(CCCCNC(C)C)NC(=O)C(CCCCNC(=O)CCCCC(C)C)NC(C)C. The van der Waals surface area contributed by atoms with Crippen LogP contribution >= 0.6 is 0 Å². The highest BCUT2D eigenvalue weighted by atomic mass is 16.2. The molecule has 0 heterocycles. The van der Waals surface area contributed by atoms with Gasteiger partial charge in [-0.2, -0.15) is 0 Å². The summed E-state index contributed by atoms with van der Waals surface area (Å²) >= 11 is 0. The van der Waals surface area contributed by atoms with Crippen LogP contribution in [0.2, 0.25) is 0 Å². The fourth-order valence-electron chi connectivity index (χ4n) is 4.02. The molecule has 0 spiro atoms. The Kier molecular flexibility index (Phi) is 19.8. The zero-order chi connectivity index (χ0) is 26.6. The summed E-state index contributed by atoms with van der Waals surface area (Å²) in [5.41, 5.74) is 0. The number of rotatable bonds is 22. The average Bonchev–Trinajstić information content (AvgIpc) is 2.78. The number of unbranched alkanes of at least 4 members (excludes halogenated alkanes) is 3. The number of carbonyl (C=O) groups is 3. The van der Waals surface area contributed by atoms with E-state index in [2.05, 4.69) is 49.0 Å². The van der Waals surface area contributed by atoms with Gasteiger partial charge in [0.05, 0.1) is 12.1 Å². The summed E-state index contributed by atoms with van der Waals surface area (Å²) in [4.78, 5) is 37.5. The van der Waals surface area contributed by atoms with Crippen LogP contribution in [0, 0.1) is 5.92 Å². The fraction of sp³-hybridized carbons (Fsp3) is 0.893. The first kappa shape index (κ1) is 33.5. The van der Waals surface area contributed by atoms with Crippen LogP contribution in [-0.2, 0) is 14.4 Å². The minimum atomic E-state index is -0.419. The molecule has 0 saturated heterocycles. The summed E-state index contributed by atoms with van der Waals surface area (Å²) in [5.74, 6) is 0.799. The van der Waals surface area contributed by atoms with E-state index in [9.17, 15) is 14.4 Å². The number of amides is 2. The normalized spacial score (nSPS) is 13.3. The molecular formula is C28H56N4O3. The number of nitrogens with one attached hydrogen (secondary N) is 4. The Hall–Kier alpha value is -1.47. The van der Waals surface area contributed by atoms with E-state index in [1.54, 1.807) is 0 Å². The van der Waals surface area contributed by atoms with Crippen molar-refractivity contribution < 1.29 is 14.4 Å². The Bertz CT molecular complexity index is 579. The molecule has 0 aromatic carbocycles. The van der Waals surface area contributed by atoms with E-state index in [0.717, 1.165) is 45.1 Å². The van der Waals surface area contributed by atoms with Crippen LogP contribution in [-0.4, -0.2) is 54.9 Å². The maximum absolute atomic E-state index is 13.0. The molecule has 0 aliphatic rings. The lowest BCUT2D eigenvalue weighted by atomic mass is 10.0. The summed E-state index contributed by atoms with van der Waals surface area (Å²) in [6.07, 6.45) is 9.13. The molecule has 35 heavy (non-hydrogen) atoms. The summed E-state index contributed by atoms with van der Waals surface area (Å²) < 4.78 is 0. The van der Waals surface area contributed by atoms with Crippen molar-refractivity contribution in [2.24, 2.45) is 5.92 Å². The summed E-state index contributed by atoms with van der Waals surface area (Å²) in [6.45, 7) is 16.1. The second-order valence-corrected chi connectivity index (χ2v) is 10.8. The van der Waals surface area contributed by atoms with Gasteiger partial charge in [0.15, 0.2) is 5.78 Å². The van der Waals surface area contributed by atoms with Crippen molar-refractivity contribution in [1.82, 2.24) is 21.3 Å². The Balaban J connectivity index is 4.49. The lowest BCUT2D eigenvalue weighted by Gasteiger charge is -2.24. The molecular weight excluding hydrogens is 440 g/mol. The summed E-state index contributed by atoms with van der Waals surface area (Å²) in [7, 11) is 0. The van der Waals surface area contributed by atoms with Gasteiger partial charge in [0.1, 0.15) is 0 Å². The van der Waals surface area contributed by atoms with Crippen molar-refractivity contribution >= 4 is 17.6 Å². The Morgan fingerprint density at radius 3 is 1.86 bits per heavy atom. The van der Waals surface area contributed by atoms with Crippen LogP contribution in [0.15, 0.2) is 0 Å². The first-order chi connectivity index (χ1) is 16.6. The van der Waals surface area contributed by atoms with Crippen molar-refractivity contribution in [1.29, 1.82) is 0 Å². The number of hydrogen-bond donors (Lipinski definition) is 4. The van der Waals surface area contributed by atoms with Gasteiger partial charge in [-0.15, -0.1) is 0 Å². The van der Waals surface area contributed by atoms with Gasteiger partial charge in [-0.1, -0.05) is 61.3 Å². The topological polar surface area (TPSA) is 99.3 Å². The lowest BCUT2D eigenvalue weighted by Crippen LogP contribution is -2.51. The van der Waals surface area contributed by atoms with Crippen molar-refractivity contribution in [3.05, 3.63) is 0 Å². The third-order valence-electron chi connectivity index (χ3n) is 6.05. The zero-order valence-corrected chi connectivity index (χ0v) is 23.8. The molecule has 7 nitrogen and oxygen atoms in total. The first-order valence-corrected chi connectivity index (χ1v) is 14.2. The monoisotopic (exact) mass is 496 g/mol. The fourth-order valence-corrected chi connectivity index (χ4v) is 4.02. The predicted molar refractivity (Wildman–Crippen MR) is 146 cm³/mol. The molecule has 0 fully saturated rings. The van der Waals surface area contributed by atoms with Crippen molar-refractivity contribution in [2.45, 2.75) is 143 Å². The average molecular weight is 497 g/mol. The van der Waals surface area contributed by atoms with Crippen molar-refractivity contribution in [3.8, 4) is 0 Å². The maximum atomic E-state index is 13.0. The molecule has 0 aliphatic carbocycles. The van der Waals surface area contributed by atoms with Crippen molar-refractivity contribution in [2.75, 3.05) is 13.1 Å². The predicted octanol–water partition coefficient (Wildman–Crippen LogP) is 4.49. The first-order valence-electron chi connectivity index (χ1n) is 14.2. The second-order valence-electron chi connectivity index (χ2n) is 10.8. The molecule has 2 atom stereocenters. The number of hydrogen-bond acceptors (Lipinski definition) is 5. The van der Waals surface area contributed by atoms with E-state index >= 15 is 0 Å². The van der Waals surface area contributed by atoms with Gasteiger partial charge in [-0.05, 0) is 57.4 Å². The minimum absolute atomic E-state index is 0.0922. The van der Waals surface area contributed by atoms with E-state index in [0.29, 0.717) is 44.2 Å². The van der Waals surface area contributed by atoms with Crippen LogP contribution in [0.3, 0.4) is 0 Å². The van der Waals surface area contributed by atoms with Gasteiger partial charge < -0.3 is 21.3 Å². The molecule has 2 amide bonds. The molecule has 4 N–H and O–H groups in total. The largest absolute Gasteiger partial charge is 0.356 e. The van der Waals surface area contributed by atoms with Gasteiger partial charge in [-0.25, -0.2) is 0 Å². The summed E-state index contributed by atoms with van der Waals surface area (Å²) in [5, 5.41) is 12.8. The summed E-state index contributed by atoms with van der Waals surface area (Å²) in [6, 6.07) is -0.137. The molecule has 2 unspecified atom stereocenters. The minimum Gasteiger partial charge on any atom is -0.356 e. The molecule has 0 saturated carbocycles. The Morgan fingerprint density at radius 1 is 0.686 bits per heavy atom. The molecule has 0 aromatic heterocycles. The van der Waals surface area contributed by atoms with E-state index in [-0.39, 0.29) is 29.7 Å². The second kappa shape index (κ2) is 20.7. The molecule has 0 aliphatic heterocycles. The number of ketones is 1. The number of carbonyl (C=O) groups excluding carboxylic acids is 3. The van der Waals surface area contributed by atoms with Gasteiger partial charge in [0, 0.05) is 31.5 Å². The van der Waals surface area contributed by atoms with Gasteiger partial charge in [0.2, 0.25) is 11.8 Å². The van der Waals surface area contributed by atoms with Gasteiger partial charge in [0.25, 0.3) is 0 Å². The van der Waals surface area contributed by atoms with E-state index < -0.39 is 6.04 Å². The molecule has 0 rings (SSSR count). The Labute approximate surface area is 215 Å². The highest BCUT2D eigenvalue weighted by Crippen LogP contribution is 2.09. The number of Topliss-reactive ketones (excluding diaryl/α,β-unsaturated/α-hetero) is 1. The molecule has 7 heteroatoms. The van der Waals surface area contributed by atoms with E-state index in [4.69, 9.17) is 0 Å². The smallest absolute Gasteiger partial charge is 0.237 e. The molecule has 0 aromatic rings.